The molecule has 10 atom stereocenters. The van der Waals surface area contributed by atoms with Gasteiger partial charge in [0.1, 0.15) is 11.5 Å². The molecule has 12 rings (SSSR count). The zero-order chi connectivity index (χ0) is 37.9. The molecule has 6 aromatic rings. The monoisotopic (exact) mass is 746 g/mol. The number of pyridine rings is 2. The number of piperidine rings is 6. The van der Waals surface area contributed by atoms with Gasteiger partial charge < -0.3 is 9.47 Å². The van der Waals surface area contributed by atoms with Gasteiger partial charge in [-0.25, -0.2) is 0 Å². The minimum absolute atomic E-state index is 0.0175. The topological polar surface area (TPSA) is 76.5 Å². The van der Waals surface area contributed by atoms with E-state index >= 15 is 0 Å². The van der Waals surface area contributed by atoms with Gasteiger partial charge in [0, 0.05) is 70.9 Å². The summed E-state index contributed by atoms with van der Waals surface area (Å²) >= 11 is 0. The zero-order valence-corrected chi connectivity index (χ0v) is 33.3. The van der Waals surface area contributed by atoms with E-state index in [9.17, 15) is 0 Å². The van der Waals surface area contributed by atoms with Gasteiger partial charge in [-0.1, -0.05) is 51.0 Å². The van der Waals surface area contributed by atoms with Crippen LogP contribution in [-0.4, -0.2) is 82.4 Å². The van der Waals surface area contributed by atoms with Crippen LogP contribution in [0.25, 0.3) is 32.6 Å². The number of nitrogens with zero attached hydrogens (tertiary/aromatic N) is 6. The van der Waals surface area contributed by atoms with Crippen molar-refractivity contribution in [1.29, 1.82) is 0 Å². The van der Waals surface area contributed by atoms with Crippen molar-refractivity contribution in [2.45, 2.75) is 76.3 Å². The molecule has 0 radical (unpaired) electrons. The van der Waals surface area contributed by atoms with E-state index in [1.165, 1.54) is 60.4 Å². The minimum Gasteiger partial charge on any atom is -0.497 e. The molecule has 0 saturated carbocycles. The van der Waals surface area contributed by atoms with Gasteiger partial charge in [0.05, 0.1) is 36.6 Å². The molecule has 6 fully saturated rings. The SMILES string of the molecule is CCC1CN2CCC1C[C@@H]2[C@H](c1ccnc2ccc(OC)cc12)c1nnc([C@@H](c2ccnc3ccc(OC)cc23)[C@H]2CC3CCN2CC3CC)c2ccccc12. The molecule has 3 aromatic carbocycles. The van der Waals surface area contributed by atoms with E-state index in [2.05, 4.69) is 84.3 Å². The van der Waals surface area contributed by atoms with Crippen LogP contribution in [0.1, 0.15) is 86.7 Å². The third kappa shape index (κ3) is 5.94. The van der Waals surface area contributed by atoms with Gasteiger partial charge in [-0.15, -0.1) is 0 Å². The van der Waals surface area contributed by atoms with Crippen molar-refractivity contribution < 1.29 is 9.47 Å². The van der Waals surface area contributed by atoms with Gasteiger partial charge in [0.2, 0.25) is 0 Å². The Bertz CT molecular complexity index is 2230. The number of fused-ring (bicyclic) bond motifs is 9. The maximum atomic E-state index is 5.80. The molecule has 6 saturated heterocycles. The van der Waals surface area contributed by atoms with Gasteiger partial charge in [0.25, 0.3) is 0 Å². The van der Waals surface area contributed by atoms with Crippen LogP contribution in [0, 0.1) is 23.7 Å². The number of methoxy groups -OCH3 is 2. The maximum Gasteiger partial charge on any atom is 0.119 e. The average Bonchev–Trinajstić information content (AvgIpc) is 3.27. The van der Waals surface area contributed by atoms with E-state index in [0.717, 1.165) is 94.5 Å². The Morgan fingerprint density at radius 3 is 1.46 bits per heavy atom. The quantitative estimate of drug-likeness (QED) is 0.137. The lowest BCUT2D eigenvalue weighted by Crippen LogP contribution is -2.55. The van der Waals surface area contributed by atoms with E-state index in [-0.39, 0.29) is 11.8 Å². The van der Waals surface area contributed by atoms with Crippen molar-refractivity contribution in [3.05, 3.63) is 108 Å². The lowest BCUT2D eigenvalue weighted by atomic mass is 9.68. The zero-order valence-electron chi connectivity index (χ0n) is 33.3. The maximum absolute atomic E-state index is 5.80. The number of rotatable bonds is 10. The second-order valence-electron chi connectivity index (χ2n) is 17.1. The molecule has 6 aliphatic rings. The number of ether oxygens (including phenoxy) is 2. The number of hydrogen-bond acceptors (Lipinski definition) is 8. The fourth-order valence-corrected chi connectivity index (χ4v) is 11.7. The molecule has 0 aliphatic carbocycles. The molecule has 0 N–H and O–H groups in total. The van der Waals surface area contributed by atoms with Crippen LogP contribution in [0.3, 0.4) is 0 Å². The van der Waals surface area contributed by atoms with Crippen LogP contribution in [0.4, 0.5) is 0 Å². The second kappa shape index (κ2) is 14.7. The second-order valence-corrected chi connectivity index (χ2v) is 17.1. The predicted octanol–water partition coefficient (Wildman–Crippen LogP) is 9.25. The van der Waals surface area contributed by atoms with Crippen LogP contribution in [0.15, 0.2) is 85.2 Å². The lowest BCUT2D eigenvalue weighted by Gasteiger charge is -2.52. The molecule has 3 aromatic heterocycles. The molecule has 56 heavy (non-hydrogen) atoms. The highest BCUT2D eigenvalue weighted by atomic mass is 16.5. The summed E-state index contributed by atoms with van der Waals surface area (Å²) in [4.78, 5) is 15.2. The first-order valence-corrected chi connectivity index (χ1v) is 21.1. The molecular weight excluding hydrogens is 693 g/mol. The predicted molar refractivity (Wildman–Crippen MR) is 224 cm³/mol. The Morgan fingerprint density at radius 2 is 1.07 bits per heavy atom. The molecule has 8 nitrogen and oxygen atoms in total. The normalized spacial score (nSPS) is 28.1. The molecule has 9 heterocycles. The van der Waals surface area contributed by atoms with Crippen LogP contribution in [0.2, 0.25) is 0 Å². The number of hydrogen-bond donors (Lipinski definition) is 0. The summed E-state index contributed by atoms with van der Waals surface area (Å²) in [6.45, 7) is 9.31. The summed E-state index contributed by atoms with van der Waals surface area (Å²) in [6, 6.07) is 26.7. The Morgan fingerprint density at radius 1 is 0.607 bits per heavy atom. The Kier molecular flexibility index (Phi) is 9.37. The molecule has 4 bridgehead atoms. The standard InChI is InChI=1S/C48H54N6O2/c1-5-29-27-53-21-17-31(29)23-43(53)45(35-15-19-49-41-13-11-33(55-3)25-39(35)41)47-37-9-7-8-10-38(37)48(52-51-47)46(44-24-32-18-22-54(44)28-30(32)6-2)36-16-20-50-42-14-12-34(56-4)26-40(36)42/h7-16,19-20,25-26,29-32,43-46H,5-6,17-18,21-24,27-28H2,1-4H3/t29?,30?,31?,32?,43-,44-,45+,46+/m1/s1. The van der Waals surface area contributed by atoms with Crippen molar-refractivity contribution in [2.75, 3.05) is 40.4 Å². The highest BCUT2D eigenvalue weighted by molar-refractivity contribution is 5.91. The summed E-state index contributed by atoms with van der Waals surface area (Å²) < 4.78 is 11.6. The summed E-state index contributed by atoms with van der Waals surface area (Å²) in [5.41, 5.74) is 6.63. The Balaban J connectivity index is 1.19. The smallest absolute Gasteiger partial charge is 0.119 e. The summed E-state index contributed by atoms with van der Waals surface area (Å²) in [5, 5.41) is 15.7. The third-order valence-electron chi connectivity index (χ3n) is 14.7. The first-order valence-electron chi connectivity index (χ1n) is 21.1. The summed E-state index contributed by atoms with van der Waals surface area (Å²) in [5.74, 6) is 4.68. The van der Waals surface area contributed by atoms with Gasteiger partial charge >= 0.3 is 0 Å². The largest absolute Gasteiger partial charge is 0.497 e. The highest BCUT2D eigenvalue weighted by Gasteiger charge is 2.47. The fraction of sp³-hybridized carbons (Fsp3) is 0.458. The Labute approximate surface area is 330 Å². The highest BCUT2D eigenvalue weighted by Crippen LogP contribution is 2.50. The summed E-state index contributed by atoms with van der Waals surface area (Å²) in [7, 11) is 3.50. The molecule has 0 spiro atoms. The van der Waals surface area contributed by atoms with E-state index < -0.39 is 0 Å². The fourth-order valence-electron chi connectivity index (χ4n) is 11.7. The Hall–Kier alpha value is -4.66. The minimum atomic E-state index is 0.0175. The van der Waals surface area contributed by atoms with E-state index in [1.54, 1.807) is 14.2 Å². The van der Waals surface area contributed by atoms with Crippen molar-refractivity contribution >= 4 is 32.6 Å². The van der Waals surface area contributed by atoms with E-state index in [4.69, 9.17) is 29.6 Å². The van der Waals surface area contributed by atoms with Crippen molar-refractivity contribution in [1.82, 2.24) is 30.0 Å². The molecular formula is C48H54N6O2. The van der Waals surface area contributed by atoms with Crippen LogP contribution < -0.4 is 9.47 Å². The molecule has 6 unspecified atom stereocenters. The number of benzene rings is 3. The number of aromatic nitrogens is 4. The van der Waals surface area contributed by atoms with Gasteiger partial charge in [-0.3, -0.25) is 19.8 Å². The third-order valence-corrected chi connectivity index (χ3v) is 14.7. The van der Waals surface area contributed by atoms with E-state index in [0.29, 0.717) is 12.1 Å². The van der Waals surface area contributed by atoms with Gasteiger partial charge in [-0.2, -0.15) is 10.2 Å². The van der Waals surface area contributed by atoms with Crippen molar-refractivity contribution in [3.8, 4) is 11.5 Å². The first-order chi connectivity index (χ1) is 27.6. The van der Waals surface area contributed by atoms with Crippen LogP contribution in [0.5, 0.6) is 11.5 Å². The average molecular weight is 747 g/mol. The van der Waals surface area contributed by atoms with Gasteiger partial charge in [0.15, 0.2) is 0 Å². The van der Waals surface area contributed by atoms with Crippen LogP contribution >= 0.6 is 0 Å². The molecule has 0 amide bonds. The summed E-state index contributed by atoms with van der Waals surface area (Å²) in [6.07, 6.45) is 11.3. The molecule has 6 aliphatic heterocycles. The van der Waals surface area contributed by atoms with Gasteiger partial charge in [-0.05, 0) is 122 Å². The molecule has 288 valence electrons. The van der Waals surface area contributed by atoms with Crippen molar-refractivity contribution in [3.63, 3.8) is 0 Å². The van der Waals surface area contributed by atoms with E-state index in [1.807, 2.05) is 24.5 Å². The van der Waals surface area contributed by atoms with Crippen LogP contribution in [-0.2, 0) is 0 Å². The molecule has 8 heteroatoms. The van der Waals surface area contributed by atoms with Crippen molar-refractivity contribution in [2.24, 2.45) is 23.7 Å². The lowest BCUT2D eigenvalue weighted by molar-refractivity contribution is -0.00735. The first kappa shape index (κ1) is 35.7.